The Morgan fingerprint density at radius 2 is 1.81 bits per heavy atom. The number of ether oxygens (including phenoxy) is 1. The number of amides is 1. The van der Waals surface area contributed by atoms with E-state index in [9.17, 15) is 4.79 Å². The van der Waals surface area contributed by atoms with E-state index >= 15 is 0 Å². The van der Waals surface area contributed by atoms with Crippen LogP contribution in [-0.2, 0) is 4.79 Å². The zero-order valence-electron chi connectivity index (χ0n) is 12.9. The van der Waals surface area contributed by atoms with Gasteiger partial charge in [-0.2, -0.15) is 0 Å². The predicted molar refractivity (Wildman–Crippen MR) is 86.6 cm³/mol. The van der Waals surface area contributed by atoms with E-state index in [0.29, 0.717) is 6.42 Å². The van der Waals surface area contributed by atoms with Crippen molar-refractivity contribution in [3.63, 3.8) is 0 Å². The minimum atomic E-state index is -0.444. The van der Waals surface area contributed by atoms with Crippen LogP contribution in [0.5, 0.6) is 5.75 Å². The lowest BCUT2D eigenvalue weighted by Crippen LogP contribution is -2.42. The molecule has 1 N–H and O–H groups in total. The summed E-state index contributed by atoms with van der Waals surface area (Å²) in [6, 6.07) is 14.2. The van der Waals surface area contributed by atoms with Crippen molar-refractivity contribution in [3.05, 3.63) is 42.5 Å². The molecular weight excluding hydrogens is 262 g/mol. The van der Waals surface area contributed by atoms with Gasteiger partial charge in [-0.15, -0.1) is 0 Å². The molecule has 0 saturated carbocycles. The quantitative estimate of drug-likeness (QED) is 0.873. The highest BCUT2D eigenvalue weighted by Gasteiger charge is 2.19. The number of fused-ring (bicyclic) bond motifs is 1. The highest BCUT2D eigenvalue weighted by molar-refractivity contribution is 5.84. The van der Waals surface area contributed by atoms with Crippen LogP contribution >= 0.6 is 0 Å². The second-order valence-corrected chi connectivity index (χ2v) is 5.34. The smallest absolute Gasteiger partial charge is 0.261 e. The number of hydrogen-bond donors (Lipinski definition) is 1. The lowest BCUT2D eigenvalue weighted by molar-refractivity contribution is -0.128. The first-order valence-corrected chi connectivity index (χ1v) is 7.59. The van der Waals surface area contributed by atoms with Gasteiger partial charge < -0.3 is 10.1 Å². The Bertz CT molecular complexity index is 609. The molecule has 0 saturated heterocycles. The van der Waals surface area contributed by atoms with Gasteiger partial charge in [0.1, 0.15) is 5.75 Å². The van der Waals surface area contributed by atoms with Crippen LogP contribution in [-0.4, -0.2) is 18.1 Å². The van der Waals surface area contributed by atoms with E-state index in [2.05, 4.69) is 18.3 Å². The molecular formula is C18H23NO2. The maximum absolute atomic E-state index is 12.2. The summed E-state index contributed by atoms with van der Waals surface area (Å²) in [7, 11) is 0. The first kappa shape index (κ1) is 15.4. The van der Waals surface area contributed by atoms with Gasteiger partial charge in [0.2, 0.25) is 0 Å². The number of nitrogens with one attached hydrogen (secondary N) is 1. The first-order valence-electron chi connectivity index (χ1n) is 7.59. The molecule has 2 aromatic carbocycles. The molecule has 0 bridgehead atoms. The van der Waals surface area contributed by atoms with Crippen LogP contribution in [0.1, 0.15) is 33.6 Å². The Morgan fingerprint density at radius 1 is 1.10 bits per heavy atom. The van der Waals surface area contributed by atoms with Crippen molar-refractivity contribution in [2.45, 2.75) is 45.8 Å². The molecule has 0 unspecified atom stereocenters. The average Bonchev–Trinajstić information content (AvgIpc) is 2.52. The van der Waals surface area contributed by atoms with Crippen molar-refractivity contribution in [2.24, 2.45) is 0 Å². The summed E-state index contributed by atoms with van der Waals surface area (Å²) in [5, 5.41) is 5.26. The number of benzene rings is 2. The van der Waals surface area contributed by atoms with E-state index in [0.717, 1.165) is 17.6 Å². The predicted octanol–water partition coefficient (Wildman–Crippen LogP) is 3.91. The van der Waals surface area contributed by atoms with E-state index in [1.807, 2.05) is 50.2 Å². The van der Waals surface area contributed by atoms with Gasteiger partial charge in [-0.25, -0.2) is 0 Å². The Kier molecular flexibility index (Phi) is 5.20. The third kappa shape index (κ3) is 3.97. The molecule has 0 fully saturated rings. The zero-order chi connectivity index (χ0) is 15.2. The fraction of sp³-hybridized carbons (Fsp3) is 0.389. The number of hydrogen-bond acceptors (Lipinski definition) is 2. The summed E-state index contributed by atoms with van der Waals surface area (Å²) >= 11 is 0. The van der Waals surface area contributed by atoms with E-state index in [1.54, 1.807) is 0 Å². The topological polar surface area (TPSA) is 38.3 Å². The highest BCUT2D eigenvalue weighted by atomic mass is 16.5. The zero-order valence-corrected chi connectivity index (χ0v) is 12.9. The van der Waals surface area contributed by atoms with Crippen LogP contribution < -0.4 is 10.1 Å². The first-order chi connectivity index (χ1) is 10.1. The van der Waals surface area contributed by atoms with Crippen LogP contribution in [0.2, 0.25) is 0 Å². The van der Waals surface area contributed by atoms with Crippen molar-refractivity contribution >= 4 is 16.7 Å². The van der Waals surface area contributed by atoms with Crippen LogP contribution in [0.4, 0.5) is 0 Å². The maximum Gasteiger partial charge on any atom is 0.261 e. The summed E-state index contributed by atoms with van der Waals surface area (Å²) in [6.07, 6.45) is 1.12. The van der Waals surface area contributed by atoms with Crippen LogP contribution in [0.15, 0.2) is 42.5 Å². The summed E-state index contributed by atoms with van der Waals surface area (Å²) in [5.41, 5.74) is 0. The van der Waals surface area contributed by atoms with Gasteiger partial charge >= 0.3 is 0 Å². The van der Waals surface area contributed by atoms with Gasteiger partial charge in [0.15, 0.2) is 6.10 Å². The lowest BCUT2D eigenvalue weighted by atomic mass is 10.1. The van der Waals surface area contributed by atoms with E-state index in [-0.39, 0.29) is 11.9 Å². The van der Waals surface area contributed by atoms with Crippen LogP contribution in [0.25, 0.3) is 10.8 Å². The summed E-state index contributed by atoms with van der Waals surface area (Å²) < 4.78 is 5.87. The molecule has 0 spiro atoms. The molecule has 2 rings (SSSR count). The molecule has 2 aromatic rings. The van der Waals surface area contributed by atoms with Crippen LogP contribution in [0.3, 0.4) is 0 Å². The lowest BCUT2D eigenvalue weighted by Gasteiger charge is -2.20. The Hall–Kier alpha value is -2.03. The van der Waals surface area contributed by atoms with E-state index in [1.165, 1.54) is 5.39 Å². The van der Waals surface area contributed by atoms with Gasteiger partial charge in [0.25, 0.3) is 5.91 Å². The summed E-state index contributed by atoms with van der Waals surface area (Å²) in [6.45, 7) is 6.01. The fourth-order valence-electron chi connectivity index (χ4n) is 2.17. The molecule has 0 heterocycles. The Morgan fingerprint density at radius 3 is 2.48 bits per heavy atom. The van der Waals surface area contributed by atoms with Gasteiger partial charge in [0, 0.05) is 6.04 Å². The fourth-order valence-corrected chi connectivity index (χ4v) is 2.17. The largest absolute Gasteiger partial charge is 0.481 e. The monoisotopic (exact) mass is 285 g/mol. The molecule has 21 heavy (non-hydrogen) atoms. The second-order valence-electron chi connectivity index (χ2n) is 5.34. The molecule has 0 radical (unpaired) electrons. The number of carbonyl (C=O) groups excluding carboxylic acids is 1. The van der Waals surface area contributed by atoms with Crippen molar-refractivity contribution in [3.8, 4) is 5.75 Å². The van der Waals surface area contributed by atoms with Crippen molar-refractivity contribution in [1.82, 2.24) is 5.32 Å². The minimum Gasteiger partial charge on any atom is -0.481 e. The molecule has 1 amide bonds. The Labute approximate surface area is 126 Å². The molecule has 0 aliphatic carbocycles. The van der Waals surface area contributed by atoms with Gasteiger partial charge in [-0.1, -0.05) is 44.2 Å². The standard InChI is InChI=1S/C18H23NO2/c1-4-13(3)19-18(20)17(5-2)21-16-11-10-14-8-6-7-9-15(14)12-16/h6-13,17H,4-5H2,1-3H3,(H,19,20)/t13-,17+/m1/s1. The molecule has 3 heteroatoms. The Balaban J connectivity index is 2.10. The average molecular weight is 285 g/mol. The summed E-state index contributed by atoms with van der Waals surface area (Å²) in [4.78, 5) is 12.2. The minimum absolute atomic E-state index is 0.0417. The molecule has 3 nitrogen and oxygen atoms in total. The SMILES string of the molecule is CC[C@@H](C)NC(=O)[C@H](CC)Oc1ccc2ccccc2c1. The van der Waals surface area contributed by atoms with Crippen molar-refractivity contribution < 1.29 is 9.53 Å². The molecule has 2 atom stereocenters. The summed E-state index contributed by atoms with van der Waals surface area (Å²) in [5.74, 6) is 0.694. The van der Waals surface area contributed by atoms with Gasteiger partial charge in [0.05, 0.1) is 0 Å². The second kappa shape index (κ2) is 7.11. The van der Waals surface area contributed by atoms with Gasteiger partial charge in [-0.3, -0.25) is 4.79 Å². The third-order valence-corrected chi connectivity index (χ3v) is 3.66. The van der Waals surface area contributed by atoms with Gasteiger partial charge in [-0.05, 0) is 42.7 Å². The number of carbonyl (C=O) groups is 1. The third-order valence-electron chi connectivity index (χ3n) is 3.66. The molecule has 0 aromatic heterocycles. The highest BCUT2D eigenvalue weighted by Crippen LogP contribution is 2.22. The molecule has 0 aliphatic heterocycles. The van der Waals surface area contributed by atoms with Crippen molar-refractivity contribution in [2.75, 3.05) is 0 Å². The molecule has 0 aliphatic rings. The van der Waals surface area contributed by atoms with E-state index in [4.69, 9.17) is 4.74 Å². The van der Waals surface area contributed by atoms with Crippen molar-refractivity contribution in [1.29, 1.82) is 0 Å². The number of rotatable bonds is 6. The van der Waals surface area contributed by atoms with E-state index < -0.39 is 6.10 Å². The van der Waals surface area contributed by atoms with Crippen LogP contribution in [0, 0.1) is 0 Å². The molecule has 112 valence electrons. The normalized spacial score (nSPS) is 13.7. The maximum atomic E-state index is 12.2.